The highest BCUT2D eigenvalue weighted by Crippen LogP contribution is 2.34. The first-order chi connectivity index (χ1) is 16.4. The van der Waals surface area contributed by atoms with Crippen molar-refractivity contribution in [3.8, 4) is 11.5 Å². The summed E-state index contributed by atoms with van der Waals surface area (Å²) in [6.45, 7) is 0.187. The summed E-state index contributed by atoms with van der Waals surface area (Å²) < 4.78 is 5.39. The topological polar surface area (TPSA) is 99.2 Å². The highest BCUT2D eigenvalue weighted by molar-refractivity contribution is 6.22. The number of hydrogen-bond acceptors (Lipinski definition) is 5. The van der Waals surface area contributed by atoms with Crippen LogP contribution in [0.15, 0.2) is 72.8 Å². The number of hydrogen-bond donors (Lipinski definition) is 2. The van der Waals surface area contributed by atoms with Gasteiger partial charge >= 0.3 is 6.03 Å². The van der Waals surface area contributed by atoms with E-state index < -0.39 is 12.1 Å². The number of methoxy groups -OCH3 is 1. The number of phenols is 1. The molecular weight excluding hydrogens is 434 g/mol. The molecule has 0 aromatic heterocycles. The fourth-order valence-electron chi connectivity index (χ4n) is 4.01. The van der Waals surface area contributed by atoms with Gasteiger partial charge in [0.15, 0.2) is 0 Å². The Kier molecular flexibility index (Phi) is 6.49. The number of carbonyl (C=O) groups is 3. The van der Waals surface area contributed by atoms with Gasteiger partial charge in [0.25, 0.3) is 11.8 Å². The van der Waals surface area contributed by atoms with Gasteiger partial charge in [0.05, 0.1) is 12.8 Å². The van der Waals surface area contributed by atoms with Crippen molar-refractivity contribution in [2.45, 2.75) is 19.0 Å². The zero-order chi connectivity index (χ0) is 24.2. The number of nitrogens with one attached hydrogen (secondary N) is 1. The minimum Gasteiger partial charge on any atom is -0.508 e. The summed E-state index contributed by atoms with van der Waals surface area (Å²) in [6, 6.07) is 19.2. The predicted octanol–water partition coefficient (Wildman–Crippen LogP) is 3.34. The van der Waals surface area contributed by atoms with Crippen LogP contribution in [-0.2, 0) is 17.8 Å². The van der Waals surface area contributed by atoms with Gasteiger partial charge in [-0.05, 0) is 47.5 Å². The number of urea groups is 1. The van der Waals surface area contributed by atoms with E-state index in [1.54, 1.807) is 79.8 Å². The van der Waals surface area contributed by atoms with Crippen molar-refractivity contribution < 1.29 is 24.2 Å². The molecule has 4 rings (SSSR count). The Morgan fingerprint density at radius 3 is 2.26 bits per heavy atom. The van der Waals surface area contributed by atoms with Gasteiger partial charge in [0.1, 0.15) is 17.5 Å². The monoisotopic (exact) mass is 459 g/mol. The molecule has 0 spiro atoms. The van der Waals surface area contributed by atoms with Gasteiger partial charge in [-0.3, -0.25) is 9.59 Å². The van der Waals surface area contributed by atoms with Crippen LogP contribution in [0.2, 0.25) is 0 Å². The molecule has 3 aromatic rings. The fraction of sp³-hybridized carbons (Fsp3) is 0.192. The number of para-hydroxylation sites is 2. The average Bonchev–Trinajstić information content (AvgIpc) is 3.09. The number of imide groups is 1. The first-order valence-electron chi connectivity index (χ1n) is 10.8. The summed E-state index contributed by atoms with van der Waals surface area (Å²) >= 11 is 0. The second-order valence-electron chi connectivity index (χ2n) is 7.92. The summed E-state index contributed by atoms with van der Waals surface area (Å²) in [4.78, 5) is 41.6. The number of benzene rings is 3. The number of phenolic OH excluding ortho intramolecular Hbond substituents is 1. The van der Waals surface area contributed by atoms with Gasteiger partial charge in [-0.2, -0.15) is 0 Å². The molecule has 1 saturated heterocycles. The molecular formula is C26H25N3O5. The van der Waals surface area contributed by atoms with Gasteiger partial charge < -0.3 is 20.1 Å². The van der Waals surface area contributed by atoms with Crippen LogP contribution in [0.4, 0.5) is 10.5 Å². The second-order valence-corrected chi connectivity index (χ2v) is 7.92. The molecule has 2 N–H and O–H groups in total. The molecule has 1 aliphatic heterocycles. The third-order valence-corrected chi connectivity index (χ3v) is 5.81. The molecule has 0 bridgehead atoms. The Hall–Kier alpha value is -4.33. The molecule has 0 saturated carbocycles. The average molecular weight is 460 g/mol. The fourth-order valence-corrected chi connectivity index (χ4v) is 4.01. The molecule has 8 nitrogen and oxygen atoms in total. The van der Waals surface area contributed by atoms with E-state index in [-0.39, 0.29) is 30.5 Å². The van der Waals surface area contributed by atoms with Crippen molar-refractivity contribution in [1.82, 2.24) is 10.2 Å². The lowest BCUT2D eigenvalue weighted by Crippen LogP contribution is -2.36. The van der Waals surface area contributed by atoms with E-state index in [0.717, 1.165) is 16.0 Å². The number of nitrogens with zero attached hydrogens (tertiary/aromatic N) is 2. The van der Waals surface area contributed by atoms with Crippen molar-refractivity contribution in [2.24, 2.45) is 0 Å². The quantitative estimate of drug-likeness (QED) is 0.528. The number of anilines is 1. The summed E-state index contributed by atoms with van der Waals surface area (Å²) in [5.74, 6) is -0.0123. The first kappa shape index (κ1) is 22.8. The molecule has 34 heavy (non-hydrogen) atoms. The van der Waals surface area contributed by atoms with E-state index in [1.165, 1.54) is 12.0 Å². The van der Waals surface area contributed by atoms with Gasteiger partial charge in [0.2, 0.25) is 0 Å². The molecule has 4 amide bonds. The van der Waals surface area contributed by atoms with Crippen molar-refractivity contribution >= 4 is 23.5 Å². The Bertz CT molecular complexity index is 1210. The summed E-state index contributed by atoms with van der Waals surface area (Å²) in [7, 11) is 3.05. The lowest BCUT2D eigenvalue weighted by Gasteiger charge is -2.22. The summed E-state index contributed by atoms with van der Waals surface area (Å²) in [5.41, 5.74) is 2.48. The van der Waals surface area contributed by atoms with Gasteiger partial charge in [-0.15, -0.1) is 0 Å². The van der Waals surface area contributed by atoms with E-state index in [2.05, 4.69) is 5.32 Å². The van der Waals surface area contributed by atoms with E-state index in [1.807, 2.05) is 0 Å². The van der Waals surface area contributed by atoms with Crippen LogP contribution in [0.1, 0.15) is 21.5 Å². The zero-order valence-electron chi connectivity index (χ0n) is 18.9. The molecule has 3 aromatic carbocycles. The summed E-state index contributed by atoms with van der Waals surface area (Å²) in [5, 5.41) is 12.2. The molecule has 0 unspecified atom stereocenters. The minimum atomic E-state index is -0.749. The predicted molar refractivity (Wildman–Crippen MR) is 127 cm³/mol. The number of carbonyl (C=O) groups excluding carboxylic acids is 3. The highest BCUT2D eigenvalue weighted by Gasteiger charge is 2.46. The number of rotatable bonds is 7. The van der Waals surface area contributed by atoms with E-state index in [0.29, 0.717) is 17.0 Å². The largest absolute Gasteiger partial charge is 0.508 e. The maximum absolute atomic E-state index is 13.5. The van der Waals surface area contributed by atoms with Crippen LogP contribution in [0.3, 0.4) is 0 Å². The molecule has 1 fully saturated rings. The smallest absolute Gasteiger partial charge is 0.332 e. The van der Waals surface area contributed by atoms with Crippen LogP contribution < -0.4 is 15.0 Å². The maximum Gasteiger partial charge on any atom is 0.332 e. The zero-order valence-corrected chi connectivity index (χ0v) is 18.9. The van der Waals surface area contributed by atoms with E-state index in [4.69, 9.17) is 4.74 Å². The maximum atomic E-state index is 13.5. The Labute approximate surface area is 197 Å². The molecule has 1 aliphatic rings. The SMILES string of the molecule is CNC(=O)c1ccc(CN2C(=O)N(c3ccccc3OC)C(=O)[C@@H]2Cc2ccc(O)cc2)cc1. The molecule has 1 heterocycles. The van der Waals surface area contributed by atoms with E-state index >= 15 is 0 Å². The van der Waals surface area contributed by atoms with Crippen LogP contribution in [0.5, 0.6) is 11.5 Å². The molecule has 8 heteroatoms. The number of amides is 4. The van der Waals surface area contributed by atoms with Crippen LogP contribution >= 0.6 is 0 Å². The van der Waals surface area contributed by atoms with Crippen molar-refractivity contribution in [3.63, 3.8) is 0 Å². The molecule has 1 atom stereocenters. The summed E-state index contributed by atoms with van der Waals surface area (Å²) in [6.07, 6.45) is 0.285. The minimum absolute atomic E-state index is 0.126. The van der Waals surface area contributed by atoms with E-state index in [9.17, 15) is 19.5 Å². The first-order valence-corrected chi connectivity index (χ1v) is 10.8. The second kappa shape index (κ2) is 9.66. The Morgan fingerprint density at radius 2 is 1.62 bits per heavy atom. The number of ether oxygens (including phenoxy) is 1. The van der Waals surface area contributed by atoms with Gasteiger partial charge in [0, 0.05) is 25.6 Å². The normalized spacial score (nSPS) is 15.5. The molecule has 0 aliphatic carbocycles. The third kappa shape index (κ3) is 4.43. The lowest BCUT2D eigenvalue weighted by atomic mass is 10.0. The van der Waals surface area contributed by atoms with Gasteiger partial charge in [-0.1, -0.05) is 36.4 Å². The van der Waals surface area contributed by atoms with Crippen LogP contribution in [0, 0.1) is 0 Å². The number of aromatic hydroxyl groups is 1. The highest BCUT2D eigenvalue weighted by atomic mass is 16.5. The standard InChI is InChI=1S/C26H25N3O5/c1-27-24(31)19-11-7-18(8-12-19)16-28-22(15-17-9-13-20(30)14-10-17)25(32)29(26(28)33)21-5-3-4-6-23(21)34-2/h3-14,22,30H,15-16H2,1-2H3,(H,27,31)/t22-/m0/s1. The van der Waals surface area contributed by atoms with Crippen molar-refractivity contribution in [2.75, 3.05) is 19.1 Å². The lowest BCUT2D eigenvalue weighted by molar-refractivity contribution is -0.119. The van der Waals surface area contributed by atoms with Crippen molar-refractivity contribution in [1.29, 1.82) is 0 Å². The third-order valence-electron chi connectivity index (χ3n) is 5.81. The Morgan fingerprint density at radius 1 is 0.971 bits per heavy atom. The molecule has 174 valence electrons. The molecule has 0 radical (unpaired) electrons. The van der Waals surface area contributed by atoms with Gasteiger partial charge in [-0.25, -0.2) is 9.69 Å². The Balaban J connectivity index is 1.68. The van der Waals surface area contributed by atoms with Crippen LogP contribution in [0.25, 0.3) is 0 Å². The van der Waals surface area contributed by atoms with Crippen LogP contribution in [-0.4, -0.2) is 48.1 Å². The van der Waals surface area contributed by atoms with Crippen molar-refractivity contribution in [3.05, 3.63) is 89.5 Å².